The summed E-state index contributed by atoms with van der Waals surface area (Å²) in [6.07, 6.45) is 3.82. The molecule has 2 aliphatic rings. The lowest BCUT2D eigenvalue weighted by molar-refractivity contribution is -0.148. The van der Waals surface area contributed by atoms with Crippen LogP contribution in [0.3, 0.4) is 0 Å². The normalized spacial score (nSPS) is 22.3. The average molecular weight is 330 g/mol. The Balaban J connectivity index is 1.31. The third-order valence-corrected chi connectivity index (χ3v) is 5.04. The van der Waals surface area contributed by atoms with E-state index in [1.54, 1.807) is 0 Å². The number of ether oxygens (including phenoxy) is 1. The maximum Gasteiger partial charge on any atom is 0.311 e. The molecule has 2 saturated heterocycles. The van der Waals surface area contributed by atoms with Crippen LogP contribution in [0.15, 0.2) is 30.3 Å². The number of likely N-dealkylation sites (tertiary alicyclic amines) is 1. The molecule has 1 aromatic carbocycles. The molecule has 0 spiro atoms. The summed E-state index contributed by atoms with van der Waals surface area (Å²) in [5, 5.41) is 2.66. The average Bonchev–Trinajstić information content (AvgIpc) is 3.04. The molecule has 2 heterocycles. The second-order valence-electron chi connectivity index (χ2n) is 6.85. The first kappa shape index (κ1) is 17.0. The first-order valence-electron chi connectivity index (χ1n) is 8.90. The quantitative estimate of drug-likeness (QED) is 0.805. The molecule has 2 aliphatic heterocycles. The number of piperidine rings is 1. The second kappa shape index (κ2) is 8.29. The lowest BCUT2D eigenvalue weighted by Crippen LogP contribution is -2.37. The van der Waals surface area contributed by atoms with Crippen molar-refractivity contribution in [1.29, 1.82) is 0 Å². The Hall–Kier alpha value is -1.88. The molecule has 1 amide bonds. The number of rotatable bonds is 6. The van der Waals surface area contributed by atoms with Crippen molar-refractivity contribution in [3.63, 3.8) is 0 Å². The van der Waals surface area contributed by atoms with Crippen LogP contribution >= 0.6 is 0 Å². The van der Waals surface area contributed by atoms with Gasteiger partial charge in [-0.25, -0.2) is 0 Å². The van der Waals surface area contributed by atoms with Gasteiger partial charge in [-0.2, -0.15) is 0 Å². The smallest absolute Gasteiger partial charge is 0.311 e. The van der Waals surface area contributed by atoms with Gasteiger partial charge in [0.2, 0.25) is 5.91 Å². The molecule has 24 heavy (non-hydrogen) atoms. The zero-order valence-corrected chi connectivity index (χ0v) is 14.1. The lowest BCUT2D eigenvalue weighted by Gasteiger charge is -2.31. The molecular weight excluding hydrogens is 304 g/mol. The van der Waals surface area contributed by atoms with Crippen molar-refractivity contribution in [3.8, 4) is 0 Å². The fraction of sp³-hybridized carbons (Fsp3) is 0.579. The molecule has 1 unspecified atom stereocenters. The zero-order valence-electron chi connectivity index (χ0n) is 14.1. The van der Waals surface area contributed by atoms with E-state index in [4.69, 9.17) is 4.74 Å². The molecule has 5 nitrogen and oxygen atoms in total. The number of carbonyl (C=O) groups excluding carboxylic acids is 2. The molecular formula is C19H26N2O3. The van der Waals surface area contributed by atoms with Gasteiger partial charge in [0.1, 0.15) is 6.61 Å². The van der Waals surface area contributed by atoms with Crippen LogP contribution in [-0.4, -0.2) is 49.6 Å². The van der Waals surface area contributed by atoms with Gasteiger partial charge < -0.3 is 10.1 Å². The molecule has 0 aromatic heterocycles. The van der Waals surface area contributed by atoms with Gasteiger partial charge in [0.15, 0.2) is 0 Å². The van der Waals surface area contributed by atoms with Crippen molar-refractivity contribution in [3.05, 3.63) is 35.9 Å². The number of hydrogen-bond acceptors (Lipinski definition) is 4. The predicted molar refractivity (Wildman–Crippen MR) is 91.4 cm³/mol. The summed E-state index contributed by atoms with van der Waals surface area (Å²) >= 11 is 0. The molecule has 1 N–H and O–H groups in total. The van der Waals surface area contributed by atoms with Crippen molar-refractivity contribution in [1.82, 2.24) is 10.2 Å². The summed E-state index contributed by atoms with van der Waals surface area (Å²) < 4.78 is 5.33. The Morgan fingerprint density at radius 2 is 1.96 bits per heavy atom. The number of benzene rings is 1. The van der Waals surface area contributed by atoms with Crippen LogP contribution in [0.2, 0.25) is 0 Å². The Morgan fingerprint density at radius 1 is 1.21 bits per heavy atom. The SMILES string of the molecule is O=C1CC(C(=O)OCCN2CCC(Cc3ccccc3)CC2)CN1. The highest BCUT2D eigenvalue weighted by molar-refractivity contribution is 5.86. The second-order valence-corrected chi connectivity index (χ2v) is 6.85. The fourth-order valence-corrected chi connectivity index (χ4v) is 3.53. The third kappa shape index (κ3) is 4.81. The topological polar surface area (TPSA) is 58.6 Å². The van der Waals surface area contributed by atoms with Crippen LogP contribution in [0.25, 0.3) is 0 Å². The highest BCUT2D eigenvalue weighted by Crippen LogP contribution is 2.21. The van der Waals surface area contributed by atoms with Crippen LogP contribution in [0.4, 0.5) is 0 Å². The van der Waals surface area contributed by atoms with Gasteiger partial charge in [-0.3, -0.25) is 14.5 Å². The Kier molecular flexibility index (Phi) is 5.86. The van der Waals surface area contributed by atoms with Gasteiger partial charge in [-0.15, -0.1) is 0 Å². The van der Waals surface area contributed by atoms with Crippen molar-refractivity contribution >= 4 is 11.9 Å². The molecule has 1 atom stereocenters. The summed E-state index contributed by atoms with van der Waals surface area (Å²) in [5.41, 5.74) is 1.42. The van der Waals surface area contributed by atoms with E-state index in [2.05, 4.69) is 40.5 Å². The minimum Gasteiger partial charge on any atom is -0.464 e. The van der Waals surface area contributed by atoms with E-state index < -0.39 is 0 Å². The summed E-state index contributed by atoms with van der Waals surface area (Å²) in [6, 6.07) is 10.7. The molecule has 130 valence electrons. The number of nitrogens with one attached hydrogen (secondary N) is 1. The number of nitrogens with zero attached hydrogens (tertiary/aromatic N) is 1. The Morgan fingerprint density at radius 3 is 2.62 bits per heavy atom. The van der Waals surface area contributed by atoms with Gasteiger partial charge in [0.25, 0.3) is 0 Å². The largest absolute Gasteiger partial charge is 0.464 e. The van der Waals surface area contributed by atoms with E-state index in [9.17, 15) is 9.59 Å². The number of hydrogen-bond donors (Lipinski definition) is 1. The van der Waals surface area contributed by atoms with E-state index in [0.29, 0.717) is 13.2 Å². The van der Waals surface area contributed by atoms with E-state index >= 15 is 0 Å². The lowest BCUT2D eigenvalue weighted by atomic mass is 9.90. The maximum atomic E-state index is 11.9. The van der Waals surface area contributed by atoms with Crippen molar-refractivity contribution in [2.24, 2.45) is 11.8 Å². The highest BCUT2D eigenvalue weighted by Gasteiger charge is 2.29. The summed E-state index contributed by atoms with van der Waals surface area (Å²) in [5.74, 6) is 0.153. The summed E-state index contributed by atoms with van der Waals surface area (Å²) in [7, 11) is 0. The third-order valence-electron chi connectivity index (χ3n) is 5.04. The molecule has 0 radical (unpaired) electrons. The first-order valence-corrected chi connectivity index (χ1v) is 8.90. The predicted octanol–water partition coefficient (Wildman–Crippen LogP) is 1.62. The van der Waals surface area contributed by atoms with Gasteiger partial charge in [-0.1, -0.05) is 30.3 Å². The monoisotopic (exact) mass is 330 g/mol. The summed E-state index contributed by atoms with van der Waals surface area (Å²) in [6.45, 7) is 3.77. The van der Waals surface area contributed by atoms with Gasteiger partial charge in [0, 0.05) is 19.5 Å². The standard InChI is InChI=1S/C19H26N2O3/c22-18-13-17(14-20-18)19(23)24-11-10-21-8-6-16(7-9-21)12-15-4-2-1-3-5-15/h1-5,16-17H,6-14H2,(H,20,22). The van der Waals surface area contributed by atoms with Gasteiger partial charge in [-0.05, 0) is 43.8 Å². The van der Waals surface area contributed by atoms with E-state index in [0.717, 1.165) is 32.0 Å². The van der Waals surface area contributed by atoms with Crippen molar-refractivity contribution < 1.29 is 14.3 Å². The molecule has 2 fully saturated rings. The number of esters is 1. The van der Waals surface area contributed by atoms with Gasteiger partial charge >= 0.3 is 5.97 Å². The van der Waals surface area contributed by atoms with Crippen molar-refractivity contribution in [2.75, 3.05) is 32.8 Å². The molecule has 0 saturated carbocycles. The fourth-order valence-electron chi connectivity index (χ4n) is 3.53. The van der Waals surface area contributed by atoms with Crippen molar-refractivity contribution in [2.45, 2.75) is 25.7 Å². The van der Waals surface area contributed by atoms with E-state index in [-0.39, 0.29) is 24.2 Å². The van der Waals surface area contributed by atoms with Crippen LogP contribution in [0, 0.1) is 11.8 Å². The van der Waals surface area contributed by atoms with Crippen LogP contribution in [0.1, 0.15) is 24.8 Å². The molecule has 3 rings (SSSR count). The molecule has 0 bridgehead atoms. The zero-order chi connectivity index (χ0) is 16.8. The molecule has 0 aliphatic carbocycles. The minimum absolute atomic E-state index is 0.0579. The van der Waals surface area contributed by atoms with E-state index in [1.165, 1.54) is 18.4 Å². The first-order chi connectivity index (χ1) is 11.7. The highest BCUT2D eigenvalue weighted by atomic mass is 16.5. The Labute approximate surface area is 143 Å². The van der Waals surface area contributed by atoms with E-state index in [1.807, 2.05) is 0 Å². The number of carbonyl (C=O) groups is 2. The minimum atomic E-state index is -0.297. The van der Waals surface area contributed by atoms with Crippen LogP contribution < -0.4 is 5.32 Å². The summed E-state index contributed by atoms with van der Waals surface area (Å²) in [4.78, 5) is 25.3. The molecule has 5 heteroatoms. The number of amides is 1. The van der Waals surface area contributed by atoms with Crippen LogP contribution in [0.5, 0.6) is 0 Å². The molecule has 1 aromatic rings. The maximum absolute atomic E-state index is 11.9. The van der Waals surface area contributed by atoms with Gasteiger partial charge in [0.05, 0.1) is 5.92 Å². The van der Waals surface area contributed by atoms with Crippen LogP contribution in [-0.2, 0) is 20.7 Å². The Bertz CT molecular complexity index is 553.